The number of carbonyl (C=O) groups excluding carboxylic acids is 1. The Morgan fingerprint density at radius 1 is 1.21 bits per heavy atom. The van der Waals surface area contributed by atoms with Crippen LogP contribution in [0.3, 0.4) is 0 Å². The summed E-state index contributed by atoms with van der Waals surface area (Å²) >= 11 is 1.74. The lowest BCUT2D eigenvalue weighted by Crippen LogP contribution is -2.59. The van der Waals surface area contributed by atoms with Crippen LogP contribution in [-0.4, -0.2) is 53.6 Å². The number of hydrogen-bond acceptors (Lipinski definition) is 6. The summed E-state index contributed by atoms with van der Waals surface area (Å²) in [6.07, 6.45) is 8.88. The van der Waals surface area contributed by atoms with Gasteiger partial charge in [-0.1, -0.05) is 0 Å². The highest BCUT2D eigenvalue weighted by molar-refractivity contribution is 7.98. The Balaban J connectivity index is 1.24. The van der Waals surface area contributed by atoms with E-state index in [4.69, 9.17) is 14.5 Å². The molecule has 1 saturated carbocycles. The summed E-state index contributed by atoms with van der Waals surface area (Å²) in [6, 6.07) is 8.67. The van der Waals surface area contributed by atoms with Gasteiger partial charge in [0.25, 0.3) is 0 Å². The van der Waals surface area contributed by atoms with Crippen molar-refractivity contribution < 1.29 is 14.3 Å². The molecule has 3 aliphatic rings. The van der Waals surface area contributed by atoms with Gasteiger partial charge in [-0.2, -0.15) is 0 Å². The van der Waals surface area contributed by atoms with Crippen LogP contribution < -0.4 is 10.1 Å². The first-order valence-corrected chi connectivity index (χ1v) is 13.4. The molecule has 1 amide bonds. The highest BCUT2D eigenvalue weighted by Crippen LogP contribution is 2.60. The number of ether oxygens (including phenoxy) is 2. The zero-order valence-corrected chi connectivity index (χ0v) is 21.7. The molecule has 0 radical (unpaired) electrons. The molecule has 3 heterocycles. The van der Waals surface area contributed by atoms with Gasteiger partial charge in [-0.25, -0.2) is 4.79 Å². The molecule has 0 bridgehead atoms. The van der Waals surface area contributed by atoms with Crippen LogP contribution in [0.25, 0.3) is 11.3 Å². The van der Waals surface area contributed by atoms with Crippen molar-refractivity contribution in [1.29, 1.82) is 0 Å². The first-order chi connectivity index (χ1) is 16.1. The second-order valence-electron chi connectivity index (χ2n) is 11.1. The average molecular weight is 482 g/mol. The van der Waals surface area contributed by atoms with Crippen LogP contribution in [-0.2, 0) is 11.2 Å². The molecule has 182 valence electrons. The number of thioether (sulfide) groups is 1. The number of hydrogen-bond donors (Lipinski definition) is 1. The van der Waals surface area contributed by atoms with Crippen molar-refractivity contribution in [2.24, 2.45) is 5.41 Å². The fourth-order valence-corrected chi connectivity index (χ4v) is 6.35. The number of amides is 1. The first-order valence-electron chi connectivity index (χ1n) is 12.2. The smallest absolute Gasteiger partial charge is 0.410 e. The van der Waals surface area contributed by atoms with Crippen molar-refractivity contribution >= 4 is 23.5 Å². The lowest BCUT2D eigenvalue weighted by molar-refractivity contribution is -0.120. The average Bonchev–Trinajstić information content (AvgIpc) is 3.15. The summed E-state index contributed by atoms with van der Waals surface area (Å²) in [7, 11) is 1.95. The lowest BCUT2D eigenvalue weighted by Gasteiger charge is -2.56. The quantitative estimate of drug-likeness (QED) is 0.543. The van der Waals surface area contributed by atoms with Gasteiger partial charge in [-0.15, -0.1) is 11.8 Å². The Labute approximate surface area is 206 Å². The van der Waals surface area contributed by atoms with Crippen LogP contribution in [0.5, 0.6) is 5.75 Å². The van der Waals surface area contributed by atoms with Crippen molar-refractivity contribution in [2.75, 3.05) is 31.7 Å². The van der Waals surface area contributed by atoms with Crippen LogP contribution >= 0.6 is 11.8 Å². The Morgan fingerprint density at radius 2 is 1.94 bits per heavy atom. The molecule has 5 rings (SSSR count). The molecule has 1 aromatic heterocycles. The van der Waals surface area contributed by atoms with Gasteiger partial charge < -0.3 is 19.7 Å². The molecule has 2 fully saturated rings. The Kier molecular flexibility index (Phi) is 5.74. The van der Waals surface area contributed by atoms with E-state index in [1.165, 1.54) is 10.5 Å². The standard InChI is InChI=1S/C27H35N3O3S/c1-25(2,3)33-24(31)30-10-8-26(9-11-30)16-27(17-26)14-18-12-22(29-15-23(18)32-27)20-7-6-19(34-5)13-21(20)28-4/h6-7,12-13,15,28H,8-11,14,16-17H2,1-5H3. The van der Waals surface area contributed by atoms with E-state index < -0.39 is 5.60 Å². The molecule has 1 saturated heterocycles. The van der Waals surface area contributed by atoms with Gasteiger partial charge in [0, 0.05) is 48.3 Å². The van der Waals surface area contributed by atoms with Gasteiger partial charge in [0.05, 0.1) is 11.9 Å². The van der Waals surface area contributed by atoms with E-state index >= 15 is 0 Å². The second-order valence-corrected chi connectivity index (χ2v) is 12.0. The maximum Gasteiger partial charge on any atom is 0.410 e. The fourth-order valence-electron chi connectivity index (χ4n) is 5.91. The number of rotatable bonds is 3. The van der Waals surface area contributed by atoms with Gasteiger partial charge in [0.2, 0.25) is 0 Å². The first kappa shape index (κ1) is 23.3. The molecular formula is C27H35N3O3S. The van der Waals surface area contributed by atoms with Crippen molar-refractivity contribution in [3.63, 3.8) is 0 Å². The maximum absolute atomic E-state index is 12.4. The van der Waals surface area contributed by atoms with Crippen LogP contribution in [0, 0.1) is 5.41 Å². The van der Waals surface area contributed by atoms with Gasteiger partial charge in [0.15, 0.2) is 0 Å². The van der Waals surface area contributed by atoms with Crippen molar-refractivity contribution in [3.05, 3.63) is 36.0 Å². The lowest BCUT2D eigenvalue weighted by atomic mass is 9.54. The van der Waals surface area contributed by atoms with E-state index in [-0.39, 0.29) is 17.1 Å². The van der Waals surface area contributed by atoms with Crippen molar-refractivity contribution in [2.45, 2.75) is 69.0 Å². The summed E-state index contributed by atoms with van der Waals surface area (Å²) in [4.78, 5) is 20.3. The minimum Gasteiger partial charge on any atom is -0.485 e. The van der Waals surface area contributed by atoms with Crippen molar-refractivity contribution in [3.8, 4) is 17.0 Å². The van der Waals surface area contributed by atoms with E-state index in [1.54, 1.807) is 11.8 Å². The highest BCUT2D eigenvalue weighted by Gasteiger charge is 2.59. The number of pyridine rings is 1. The summed E-state index contributed by atoms with van der Waals surface area (Å²) in [5, 5.41) is 3.32. The molecule has 2 aromatic rings. The molecule has 0 unspecified atom stereocenters. The molecule has 1 aliphatic carbocycles. The SMILES string of the molecule is CNc1cc(SC)ccc1-c1cc2c(cn1)OC1(C2)CC2(CCN(C(=O)OC(C)(C)C)CC2)C1. The van der Waals surface area contributed by atoms with Crippen molar-refractivity contribution in [1.82, 2.24) is 9.88 Å². The van der Waals surface area contributed by atoms with E-state index in [0.717, 1.165) is 67.9 Å². The normalized spacial score (nSPS) is 20.0. The number of likely N-dealkylation sites (tertiary alicyclic amines) is 1. The zero-order chi connectivity index (χ0) is 24.1. The number of nitrogens with one attached hydrogen (secondary N) is 1. The third-order valence-electron chi connectivity index (χ3n) is 7.43. The second kappa shape index (κ2) is 8.36. The molecule has 0 atom stereocenters. The van der Waals surface area contributed by atoms with E-state index in [0.29, 0.717) is 0 Å². The number of aromatic nitrogens is 1. The van der Waals surface area contributed by atoms with Crippen LogP contribution in [0.15, 0.2) is 35.4 Å². The molecule has 6 nitrogen and oxygen atoms in total. The fraction of sp³-hybridized carbons (Fsp3) is 0.556. The summed E-state index contributed by atoms with van der Waals surface area (Å²) < 4.78 is 12.1. The number of benzene rings is 1. The number of piperidine rings is 1. The Morgan fingerprint density at radius 3 is 2.59 bits per heavy atom. The number of carbonyl (C=O) groups is 1. The molecule has 34 heavy (non-hydrogen) atoms. The largest absolute Gasteiger partial charge is 0.485 e. The molecule has 2 spiro atoms. The Hall–Kier alpha value is -2.41. The topological polar surface area (TPSA) is 63.7 Å². The molecular weight excluding hydrogens is 446 g/mol. The minimum atomic E-state index is -0.450. The predicted octanol–water partition coefficient (Wildman–Crippen LogP) is 6.00. The van der Waals surface area contributed by atoms with Gasteiger partial charge in [-0.3, -0.25) is 4.98 Å². The third kappa shape index (κ3) is 4.35. The maximum atomic E-state index is 12.4. The molecule has 1 aromatic carbocycles. The number of fused-ring (bicyclic) bond motifs is 1. The van der Waals surface area contributed by atoms with Crippen LogP contribution in [0.1, 0.15) is 52.0 Å². The molecule has 7 heteroatoms. The zero-order valence-electron chi connectivity index (χ0n) is 20.9. The predicted molar refractivity (Wildman–Crippen MR) is 137 cm³/mol. The monoisotopic (exact) mass is 481 g/mol. The van der Waals surface area contributed by atoms with E-state index in [1.807, 2.05) is 38.9 Å². The van der Waals surface area contributed by atoms with Gasteiger partial charge >= 0.3 is 6.09 Å². The number of nitrogens with zero attached hydrogens (tertiary/aromatic N) is 2. The Bertz CT molecular complexity index is 1090. The highest BCUT2D eigenvalue weighted by atomic mass is 32.2. The molecule has 1 N–H and O–H groups in total. The van der Waals surface area contributed by atoms with E-state index in [2.05, 4.69) is 35.8 Å². The number of anilines is 1. The third-order valence-corrected chi connectivity index (χ3v) is 8.15. The van der Waals surface area contributed by atoms with Crippen LogP contribution in [0.4, 0.5) is 10.5 Å². The molecule has 2 aliphatic heterocycles. The van der Waals surface area contributed by atoms with Gasteiger partial charge in [0.1, 0.15) is 17.0 Å². The summed E-state index contributed by atoms with van der Waals surface area (Å²) in [5.74, 6) is 0.927. The van der Waals surface area contributed by atoms with Gasteiger partial charge in [-0.05, 0) is 82.4 Å². The van der Waals surface area contributed by atoms with E-state index in [9.17, 15) is 4.79 Å². The summed E-state index contributed by atoms with van der Waals surface area (Å²) in [6.45, 7) is 7.28. The minimum absolute atomic E-state index is 0.106. The van der Waals surface area contributed by atoms with Crippen LogP contribution in [0.2, 0.25) is 0 Å². The summed E-state index contributed by atoms with van der Waals surface area (Å²) in [5.41, 5.74) is 4.16.